The van der Waals surface area contributed by atoms with Gasteiger partial charge in [-0.05, 0) is 56.6 Å². The molecule has 0 aromatic carbocycles. The van der Waals surface area contributed by atoms with E-state index in [4.69, 9.17) is 4.84 Å². The van der Waals surface area contributed by atoms with E-state index in [9.17, 15) is 8.42 Å². The monoisotopic (exact) mass is 480 g/mol. The molecule has 1 aromatic heterocycles. The van der Waals surface area contributed by atoms with Crippen molar-refractivity contribution in [2.24, 2.45) is 10.9 Å². The van der Waals surface area contributed by atoms with Gasteiger partial charge in [-0.2, -0.15) is 0 Å². The lowest BCUT2D eigenvalue weighted by molar-refractivity contribution is -0.103. The van der Waals surface area contributed by atoms with Crippen LogP contribution in [0.4, 0.5) is 5.69 Å². The van der Waals surface area contributed by atoms with E-state index in [0.717, 1.165) is 57.1 Å². The molecule has 2 fully saturated rings. The van der Waals surface area contributed by atoms with Crippen LogP contribution in [0.5, 0.6) is 0 Å². The molecule has 10 heteroatoms. The normalized spacial score (nSPS) is 17.9. The molecule has 1 heterocycles. The third-order valence-corrected chi connectivity index (χ3v) is 8.28. The lowest BCUT2D eigenvalue weighted by atomic mass is 9.90. The zero-order chi connectivity index (χ0) is 23.4. The van der Waals surface area contributed by atoms with Crippen molar-refractivity contribution in [2.45, 2.75) is 75.9 Å². The predicted octanol–water partition coefficient (Wildman–Crippen LogP) is 3.44. The Balaban J connectivity index is 1.37. The number of hydrazine groups is 1. The molecular formula is C23H40N6O3S. The van der Waals surface area contributed by atoms with Gasteiger partial charge in [0.1, 0.15) is 0 Å². The fraction of sp³-hybridized carbons (Fsp3) is 0.739. The molecular weight excluding hydrogens is 440 g/mol. The molecule has 9 nitrogen and oxygen atoms in total. The number of rotatable bonds is 14. The average molecular weight is 481 g/mol. The smallest absolute Gasteiger partial charge is 0.238 e. The molecule has 3 N–H and O–H groups in total. The van der Waals surface area contributed by atoms with Crippen molar-refractivity contribution in [3.05, 3.63) is 24.5 Å². The van der Waals surface area contributed by atoms with Gasteiger partial charge < -0.3 is 5.32 Å². The van der Waals surface area contributed by atoms with Gasteiger partial charge in [-0.15, -0.1) is 0 Å². The van der Waals surface area contributed by atoms with Crippen LogP contribution in [0.2, 0.25) is 0 Å². The summed E-state index contributed by atoms with van der Waals surface area (Å²) in [5, 5.41) is 2.99. The quantitative estimate of drug-likeness (QED) is 0.162. The van der Waals surface area contributed by atoms with Crippen LogP contribution in [0.3, 0.4) is 0 Å². The van der Waals surface area contributed by atoms with Crippen molar-refractivity contribution >= 4 is 21.7 Å². The van der Waals surface area contributed by atoms with E-state index < -0.39 is 10.0 Å². The van der Waals surface area contributed by atoms with Gasteiger partial charge in [0, 0.05) is 38.2 Å². The summed E-state index contributed by atoms with van der Waals surface area (Å²) in [5.41, 5.74) is 6.80. The van der Waals surface area contributed by atoms with Gasteiger partial charge in [-0.1, -0.05) is 36.6 Å². The molecule has 0 spiro atoms. The van der Waals surface area contributed by atoms with E-state index in [0.29, 0.717) is 31.6 Å². The first kappa shape index (κ1) is 25.9. The fourth-order valence-corrected chi connectivity index (χ4v) is 5.69. The van der Waals surface area contributed by atoms with E-state index in [1.807, 2.05) is 12.1 Å². The minimum absolute atomic E-state index is 0.232. The summed E-state index contributed by atoms with van der Waals surface area (Å²) in [5.74, 6) is 1.15. The first-order chi connectivity index (χ1) is 16.1. The van der Waals surface area contributed by atoms with Crippen molar-refractivity contribution in [1.29, 1.82) is 0 Å². The predicted molar refractivity (Wildman–Crippen MR) is 132 cm³/mol. The topological polar surface area (TPSA) is 108 Å². The molecule has 0 atom stereocenters. The zero-order valence-electron chi connectivity index (χ0n) is 19.8. The van der Waals surface area contributed by atoms with Crippen molar-refractivity contribution in [3.8, 4) is 0 Å². The third kappa shape index (κ3) is 9.19. The Labute approximate surface area is 198 Å². The molecule has 0 saturated heterocycles. The summed E-state index contributed by atoms with van der Waals surface area (Å²) in [6.07, 6.45) is 14.7. The van der Waals surface area contributed by atoms with Gasteiger partial charge in [-0.25, -0.2) is 13.8 Å². The maximum atomic E-state index is 12.8. The van der Waals surface area contributed by atoms with Gasteiger partial charge in [-0.3, -0.25) is 20.2 Å². The number of nitrogens with one attached hydrogen (secondary N) is 3. The van der Waals surface area contributed by atoms with Gasteiger partial charge in [0.05, 0.1) is 11.9 Å². The Morgan fingerprint density at radius 2 is 1.82 bits per heavy atom. The number of hydrogen-bond donors (Lipinski definition) is 3. The molecule has 3 rings (SSSR count). The summed E-state index contributed by atoms with van der Waals surface area (Å²) >= 11 is 0. The maximum absolute atomic E-state index is 12.8. The van der Waals surface area contributed by atoms with Crippen LogP contribution in [-0.4, -0.2) is 55.8 Å². The highest BCUT2D eigenvalue weighted by molar-refractivity contribution is 7.89. The fourth-order valence-electron chi connectivity index (χ4n) is 4.04. The Morgan fingerprint density at radius 1 is 1.09 bits per heavy atom. The van der Waals surface area contributed by atoms with Crippen LogP contribution in [0, 0.1) is 5.92 Å². The molecule has 0 unspecified atom stereocenters. The van der Waals surface area contributed by atoms with E-state index in [-0.39, 0.29) is 5.25 Å². The zero-order valence-corrected chi connectivity index (χ0v) is 20.7. The van der Waals surface area contributed by atoms with Crippen molar-refractivity contribution in [2.75, 3.05) is 32.1 Å². The molecule has 0 bridgehead atoms. The summed E-state index contributed by atoms with van der Waals surface area (Å²) in [7, 11) is -1.52. The third-order valence-electron chi connectivity index (χ3n) is 6.11. The average Bonchev–Trinajstić information content (AvgIpc) is 3.68. The van der Waals surface area contributed by atoms with Crippen LogP contribution < -0.4 is 16.2 Å². The van der Waals surface area contributed by atoms with Crippen molar-refractivity contribution in [3.63, 3.8) is 0 Å². The Kier molecular flexibility index (Phi) is 10.8. The number of aliphatic imine (C=N–C) groups is 1. The highest BCUT2D eigenvalue weighted by Crippen LogP contribution is 2.32. The number of pyridine rings is 1. The second kappa shape index (κ2) is 13.8. The van der Waals surface area contributed by atoms with Crippen LogP contribution in [0.25, 0.3) is 0 Å². The largest absolute Gasteiger partial charge is 0.325 e. The van der Waals surface area contributed by atoms with E-state index >= 15 is 0 Å². The molecule has 33 heavy (non-hydrogen) atoms. The van der Waals surface area contributed by atoms with Crippen LogP contribution in [0.15, 0.2) is 29.5 Å². The molecule has 2 aliphatic carbocycles. The summed E-state index contributed by atoms with van der Waals surface area (Å²) < 4.78 is 26.9. The molecule has 1 aromatic rings. The first-order valence-corrected chi connectivity index (χ1v) is 13.9. The Hall–Kier alpha value is -1.75. The molecule has 186 valence electrons. The summed E-state index contributed by atoms with van der Waals surface area (Å²) in [6, 6.07) is 3.76. The minimum atomic E-state index is -3.31. The maximum Gasteiger partial charge on any atom is 0.238 e. The van der Waals surface area contributed by atoms with Gasteiger partial charge in [0.25, 0.3) is 0 Å². The van der Waals surface area contributed by atoms with E-state index in [2.05, 4.69) is 26.1 Å². The molecule has 2 saturated carbocycles. The number of unbranched alkanes of at least 4 members (excludes halogenated alkanes) is 3. The molecule has 0 aliphatic heterocycles. The highest BCUT2D eigenvalue weighted by Gasteiger charge is 2.41. The van der Waals surface area contributed by atoms with E-state index in [1.165, 1.54) is 23.7 Å². The van der Waals surface area contributed by atoms with Gasteiger partial charge >= 0.3 is 0 Å². The van der Waals surface area contributed by atoms with Crippen LogP contribution in [-0.2, 0) is 14.9 Å². The lowest BCUT2D eigenvalue weighted by Crippen LogP contribution is -2.39. The Bertz CT molecular complexity index is 811. The minimum Gasteiger partial charge on any atom is -0.325 e. The van der Waals surface area contributed by atoms with Crippen LogP contribution >= 0.6 is 0 Å². The standard InChI is InChI=1S/C23H40N6O3S/c1-24-28-23(27-21-13-16-25-17-14-21)26-15-7-2-3-8-18-29(33(30,31)22-11-12-22)32-19-20-9-5-4-6-10-20/h13-14,16-17,20,22,24H,2-12,15,18-19H2,1H3,(H2,25,26,27,28). The number of nitrogens with zero attached hydrogens (tertiary/aromatic N) is 3. The summed E-state index contributed by atoms with van der Waals surface area (Å²) in [4.78, 5) is 14.5. The van der Waals surface area contributed by atoms with Gasteiger partial charge in [0.2, 0.25) is 16.0 Å². The second-order valence-corrected chi connectivity index (χ2v) is 11.1. The summed E-state index contributed by atoms with van der Waals surface area (Å²) in [6.45, 7) is 1.67. The van der Waals surface area contributed by atoms with Crippen molar-refractivity contribution in [1.82, 2.24) is 20.3 Å². The molecule has 0 amide bonds. The number of sulfonamides is 1. The number of hydroxylamine groups is 1. The molecule has 0 radical (unpaired) electrons. The molecule has 2 aliphatic rings. The van der Waals surface area contributed by atoms with E-state index in [1.54, 1.807) is 19.4 Å². The SMILES string of the molecule is CNNC(=NCCCCCCN(OCC1CCCCC1)S(=O)(=O)C1CC1)Nc1ccncc1. The number of aromatic nitrogens is 1. The lowest BCUT2D eigenvalue weighted by Gasteiger charge is -2.26. The number of hydrogen-bond acceptors (Lipinski definition) is 6. The Morgan fingerprint density at radius 3 is 2.52 bits per heavy atom. The van der Waals surface area contributed by atoms with Gasteiger partial charge in [0.15, 0.2) is 0 Å². The first-order valence-electron chi connectivity index (χ1n) is 12.4. The van der Waals surface area contributed by atoms with Crippen LogP contribution in [0.1, 0.15) is 70.6 Å². The van der Waals surface area contributed by atoms with Crippen molar-refractivity contribution < 1.29 is 13.3 Å². The second-order valence-electron chi connectivity index (χ2n) is 8.95. The number of anilines is 1. The number of guanidine groups is 1. The highest BCUT2D eigenvalue weighted by atomic mass is 32.2.